The van der Waals surface area contributed by atoms with E-state index in [9.17, 15) is 14.7 Å². The zero-order chi connectivity index (χ0) is 21.1. The summed E-state index contributed by atoms with van der Waals surface area (Å²) >= 11 is 0. The van der Waals surface area contributed by atoms with E-state index in [1.165, 1.54) is 18.1 Å². The molecule has 1 aliphatic rings. The lowest BCUT2D eigenvalue weighted by Gasteiger charge is -2.18. The number of aromatic hydroxyl groups is 1. The van der Waals surface area contributed by atoms with E-state index in [0.29, 0.717) is 16.9 Å². The number of rotatable bonds is 5. The molecule has 6 nitrogen and oxygen atoms in total. The Kier molecular flexibility index (Phi) is 5.73. The Morgan fingerprint density at radius 3 is 2.45 bits per heavy atom. The van der Waals surface area contributed by atoms with Gasteiger partial charge < -0.3 is 14.6 Å². The number of carbonyl (C=O) groups is 2. The van der Waals surface area contributed by atoms with Crippen molar-refractivity contribution in [2.45, 2.75) is 20.8 Å². The number of aryl methyl sites for hydroxylation is 1. The van der Waals surface area contributed by atoms with Gasteiger partial charge in [-0.05, 0) is 56.7 Å². The maximum Gasteiger partial charge on any atom is 0.340 e. The third-order valence-electron chi connectivity index (χ3n) is 4.69. The first kappa shape index (κ1) is 20.2. The summed E-state index contributed by atoms with van der Waals surface area (Å²) < 4.78 is 10.3. The average molecular weight is 393 g/mol. The Bertz CT molecular complexity index is 1020. The number of phenolic OH excluding ortho intramolecular Hbond substituents is 1. The van der Waals surface area contributed by atoms with E-state index in [1.807, 2.05) is 31.2 Å². The highest BCUT2D eigenvalue weighted by atomic mass is 16.5. The van der Waals surface area contributed by atoms with Crippen LogP contribution in [0, 0.1) is 6.92 Å². The molecule has 3 rings (SSSR count). The molecule has 0 radical (unpaired) electrons. The second kappa shape index (κ2) is 8.22. The molecule has 150 valence electrons. The fourth-order valence-corrected chi connectivity index (χ4v) is 3.24. The van der Waals surface area contributed by atoms with Gasteiger partial charge in [-0.3, -0.25) is 9.69 Å². The minimum Gasteiger partial charge on any atom is -0.504 e. The van der Waals surface area contributed by atoms with Crippen LogP contribution in [-0.2, 0) is 14.3 Å². The number of esters is 1. The summed E-state index contributed by atoms with van der Waals surface area (Å²) in [4.78, 5) is 27.4. The number of hydrogen-bond acceptors (Lipinski definition) is 5. The van der Waals surface area contributed by atoms with Crippen LogP contribution in [-0.4, -0.2) is 30.7 Å². The molecular formula is C23H23NO5. The summed E-state index contributed by atoms with van der Waals surface area (Å²) in [6.07, 6.45) is 1.61. The standard InChI is InChI=1S/C23H23NO5/c1-5-29-23(27)21-15(3)24(17-9-6-14(2)7-10-17)22(26)18(21)12-16-8-11-19(25)20(13-16)28-4/h6-13,25H,5H2,1-4H3. The molecule has 6 heteroatoms. The number of phenols is 1. The van der Waals surface area contributed by atoms with Gasteiger partial charge in [0.2, 0.25) is 0 Å². The van der Waals surface area contributed by atoms with E-state index in [0.717, 1.165) is 5.56 Å². The van der Waals surface area contributed by atoms with Crippen LogP contribution in [0.4, 0.5) is 5.69 Å². The monoisotopic (exact) mass is 393 g/mol. The van der Waals surface area contributed by atoms with E-state index < -0.39 is 5.97 Å². The van der Waals surface area contributed by atoms with Crippen LogP contribution in [0.3, 0.4) is 0 Å². The highest BCUT2D eigenvalue weighted by Crippen LogP contribution is 2.36. The van der Waals surface area contributed by atoms with Gasteiger partial charge in [-0.2, -0.15) is 0 Å². The highest BCUT2D eigenvalue weighted by molar-refractivity contribution is 6.23. The number of amides is 1. The molecule has 0 saturated carbocycles. The molecule has 1 amide bonds. The summed E-state index contributed by atoms with van der Waals surface area (Å²) in [6.45, 7) is 5.61. The molecule has 0 fully saturated rings. The first-order valence-corrected chi connectivity index (χ1v) is 9.25. The molecule has 29 heavy (non-hydrogen) atoms. The van der Waals surface area contributed by atoms with Gasteiger partial charge in [0.25, 0.3) is 5.91 Å². The number of nitrogens with zero attached hydrogens (tertiary/aromatic N) is 1. The van der Waals surface area contributed by atoms with Crippen molar-refractivity contribution in [2.75, 3.05) is 18.6 Å². The van der Waals surface area contributed by atoms with Crippen molar-refractivity contribution in [1.29, 1.82) is 0 Å². The molecule has 2 aromatic carbocycles. The molecule has 0 unspecified atom stereocenters. The van der Waals surface area contributed by atoms with Gasteiger partial charge in [-0.15, -0.1) is 0 Å². The van der Waals surface area contributed by atoms with Crippen molar-refractivity contribution >= 4 is 23.6 Å². The molecule has 2 aromatic rings. The summed E-state index contributed by atoms with van der Waals surface area (Å²) in [5.74, 6) is -0.601. The molecule has 0 spiro atoms. The Hall–Kier alpha value is -3.54. The molecule has 0 aromatic heterocycles. The predicted octanol–water partition coefficient (Wildman–Crippen LogP) is 3.98. The molecule has 0 atom stereocenters. The number of allylic oxidation sites excluding steroid dienone is 1. The maximum absolute atomic E-state index is 13.3. The zero-order valence-corrected chi connectivity index (χ0v) is 16.9. The lowest BCUT2D eigenvalue weighted by Crippen LogP contribution is -2.24. The largest absolute Gasteiger partial charge is 0.504 e. The number of hydrogen-bond donors (Lipinski definition) is 1. The number of benzene rings is 2. The van der Waals surface area contributed by atoms with Crippen LogP contribution in [0.25, 0.3) is 6.08 Å². The van der Waals surface area contributed by atoms with E-state index in [-0.39, 0.29) is 35.2 Å². The Labute approximate surface area is 169 Å². The summed E-state index contributed by atoms with van der Waals surface area (Å²) in [5, 5.41) is 9.81. The molecule has 1 heterocycles. The SMILES string of the molecule is CCOC(=O)C1=C(C)N(c2ccc(C)cc2)C(=O)C1=Cc1ccc(O)c(OC)c1. The zero-order valence-electron chi connectivity index (χ0n) is 16.9. The van der Waals surface area contributed by atoms with Gasteiger partial charge >= 0.3 is 5.97 Å². The average Bonchev–Trinajstić information content (AvgIpc) is 2.94. The van der Waals surface area contributed by atoms with Crippen LogP contribution in [0.2, 0.25) is 0 Å². The molecule has 0 aliphatic carbocycles. The van der Waals surface area contributed by atoms with Gasteiger partial charge in [0.15, 0.2) is 11.5 Å². The topological polar surface area (TPSA) is 76.1 Å². The van der Waals surface area contributed by atoms with Gasteiger partial charge in [0.1, 0.15) is 0 Å². The van der Waals surface area contributed by atoms with Gasteiger partial charge in [0, 0.05) is 11.4 Å². The number of carbonyl (C=O) groups excluding carboxylic acids is 2. The molecule has 1 N–H and O–H groups in total. The summed E-state index contributed by atoms with van der Waals surface area (Å²) in [6, 6.07) is 12.2. The minimum atomic E-state index is -0.551. The second-order valence-electron chi connectivity index (χ2n) is 6.65. The lowest BCUT2D eigenvalue weighted by atomic mass is 10.0. The predicted molar refractivity (Wildman–Crippen MR) is 111 cm³/mol. The smallest absolute Gasteiger partial charge is 0.340 e. The summed E-state index contributed by atoms with van der Waals surface area (Å²) in [5.41, 5.74) is 3.32. The maximum atomic E-state index is 13.3. The highest BCUT2D eigenvalue weighted by Gasteiger charge is 2.38. The third kappa shape index (κ3) is 3.87. The van der Waals surface area contributed by atoms with Crippen LogP contribution in [0.1, 0.15) is 25.0 Å². The van der Waals surface area contributed by atoms with Crippen molar-refractivity contribution in [3.63, 3.8) is 0 Å². The van der Waals surface area contributed by atoms with Crippen LogP contribution in [0.15, 0.2) is 59.3 Å². The minimum absolute atomic E-state index is 0.00832. The van der Waals surface area contributed by atoms with Crippen molar-refractivity contribution in [1.82, 2.24) is 0 Å². The van der Waals surface area contributed by atoms with E-state index in [1.54, 1.807) is 32.1 Å². The summed E-state index contributed by atoms with van der Waals surface area (Å²) in [7, 11) is 1.44. The van der Waals surface area contributed by atoms with Gasteiger partial charge in [-0.25, -0.2) is 4.79 Å². The first-order chi connectivity index (χ1) is 13.9. The first-order valence-electron chi connectivity index (χ1n) is 9.25. The normalized spacial score (nSPS) is 15.2. The number of ether oxygens (including phenoxy) is 2. The van der Waals surface area contributed by atoms with Crippen LogP contribution < -0.4 is 9.64 Å². The molecular weight excluding hydrogens is 370 g/mol. The lowest BCUT2D eigenvalue weighted by molar-refractivity contribution is -0.138. The number of methoxy groups -OCH3 is 1. The fraction of sp³-hybridized carbons (Fsp3) is 0.217. The van der Waals surface area contributed by atoms with Crippen LogP contribution in [0.5, 0.6) is 11.5 Å². The molecule has 1 aliphatic heterocycles. The van der Waals surface area contributed by atoms with E-state index in [2.05, 4.69) is 0 Å². The fourth-order valence-electron chi connectivity index (χ4n) is 3.24. The van der Waals surface area contributed by atoms with E-state index >= 15 is 0 Å². The Morgan fingerprint density at radius 2 is 1.83 bits per heavy atom. The number of anilines is 1. The van der Waals surface area contributed by atoms with Crippen molar-refractivity contribution in [3.8, 4) is 11.5 Å². The van der Waals surface area contributed by atoms with Crippen molar-refractivity contribution in [2.24, 2.45) is 0 Å². The van der Waals surface area contributed by atoms with Crippen molar-refractivity contribution in [3.05, 3.63) is 70.4 Å². The second-order valence-corrected chi connectivity index (χ2v) is 6.65. The van der Waals surface area contributed by atoms with E-state index in [4.69, 9.17) is 9.47 Å². The molecule has 0 bridgehead atoms. The third-order valence-corrected chi connectivity index (χ3v) is 4.69. The van der Waals surface area contributed by atoms with Gasteiger partial charge in [-0.1, -0.05) is 23.8 Å². The Balaban J connectivity index is 2.13. The molecule has 0 saturated heterocycles. The van der Waals surface area contributed by atoms with Gasteiger partial charge in [0.05, 0.1) is 24.9 Å². The van der Waals surface area contributed by atoms with Crippen LogP contribution >= 0.6 is 0 Å². The van der Waals surface area contributed by atoms with Crippen molar-refractivity contribution < 1.29 is 24.2 Å². The Morgan fingerprint density at radius 1 is 1.14 bits per heavy atom. The quantitative estimate of drug-likeness (QED) is 0.614.